The molecular formula is C23H25FN6O5. The number of ether oxygens (including phenoxy) is 4. The standard InChI is InChI=1S/C23H25FN6O5/c1-23(2)11-35-14-6-7-17(28-20(14)29-21(23)31)27-19-13(24)10-25-22(30-19)26-12-8-15(32-3)18(34-5)16(9-12)33-4/h6-10H,11H2,1-5H3,(H3,25,26,27,28,29,30,31). The van der Waals surface area contributed by atoms with E-state index >= 15 is 0 Å². The number of fused-ring (bicyclic) bond motifs is 1. The number of hydrogen-bond donors (Lipinski definition) is 3. The van der Waals surface area contributed by atoms with Crippen LogP contribution in [0.25, 0.3) is 0 Å². The Labute approximate surface area is 201 Å². The molecule has 0 atom stereocenters. The van der Waals surface area contributed by atoms with Gasteiger partial charge in [0, 0.05) is 17.8 Å². The molecule has 4 rings (SSSR count). The minimum absolute atomic E-state index is 0.108. The molecule has 35 heavy (non-hydrogen) atoms. The zero-order valence-corrected chi connectivity index (χ0v) is 19.9. The summed E-state index contributed by atoms with van der Waals surface area (Å²) >= 11 is 0. The highest BCUT2D eigenvalue weighted by atomic mass is 19.1. The molecule has 3 N–H and O–H groups in total. The summed E-state index contributed by atoms with van der Waals surface area (Å²) in [5.41, 5.74) is -0.192. The molecule has 0 unspecified atom stereocenters. The summed E-state index contributed by atoms with van der Waals surface area (Å²) in [6.07, 6.45) is 1.02. The summed E-state index contributed by atoms with van der Waals surface area (Å²) in [7, 11) is 4.50. The maximum Gasteiger partial charge on any atom is 0.234 e. The van der Waals surface area contributed by atoms with E-state index in [1.165, 1.54) is 21.3 Å². The van der Waals surface area contributed by atoms with Gasteiger partial charge >= 0.3 is 0 Å². The first kappa shape index (κ1) is 23.8. The average Bonchev–Trinajstić information content (AvgIpc) is 2.95. The Bertz CT molecular complexity index is 1240. The van der Waals surface area contributed by atoms with E-state index < -0.39 is 11.2 Å². The maximum atomic E-state index is 14.5. The van der Waals surface area contributed by atoms with Crippen molar-refractivity contribution in [1.82, 2.24) is 15.0 Å². The van der Waals surface area contributed by atoms with Crippen LogP contribution < -0.4 is 34.9 Å². The number of nitrogens with one attached hydrogen (secondary N) is 3. The third-order valence-electron chi connectivity index (χ3n) is 5.20. The summed E-state index contributed by atoms with van der Waals surface area (Å²) in [5, 5.41) is 8.54. The van der Waals surface area contributed by atoms with Gasteiger partial charge in [0.05, 0.1) is 32.9 Å². The highest BCUT2D eigenvalue weighted by molar-refractivity contribution is 5.96. The fraction of sp³-hybridized carbons (Fsp3) is 0.304. The molecule has 2 aromatic heterocycles. The van der Waals surface area contributed by atoms with Crippen LogP contribution in [0.5, 0.6) is 23.0 Å². The van der Waals surface area contributed by atoms with Gasteiger partial charge in [0.2, 0.25) is 17.6 Å². The molecule has 0 saturated carbocycles. The molecule has 0 aliphatic carbocycles. The average molecular weight is 484 g/mol. The number of benzene rings is 1. The van der Waals surface area contributed by atoms with Crippen molar-refractivity contribution in [3.05, 3.63) is 36.3 Å². The molecule has 3 aromatic rings. The maximum absolute atomic E-state index is 14.5. The van der Waals surface area contributed by atoms with Gasteiger partial charge in [-0.05, 0) is 26.0 Å². The van der Waals surface area contributed by atoms with Crippen LogP contribution in [0.3, 0.4) is 0 Å². The first-order valence-corrected chi connectivity index (χ1v) is 10.6. The lowest BCUT2D eigenvalue weighted by Crippen LogP contribution is -2.33. The lowest BCUT2D eigenvalue weighted by atomic mass is 9.94. The van der Waals surface area contributed by atoms with E-state index in [0.29, 0.717) is 28.7 Å². The molecule has 1 aliphatic heterocycles. The van der Waals surface area contributed by atoms with Gasteiger partial charge in [0.1, 0.15) is 12.4 Å². The van der Waals surface area contributed by atoms with Crippen molar-refractivity contribution < 1.29 is 28.1 Å². The van der Waals surface area contributed by atoms with Gasteiger partial charge in [-0.25, -0.2) is 14.4 Å². The number of aromatic nitrogens is 3. The summed E-state index contributed by atoms with van der Waals surface area (Å²) in [4.78, 5) is 24.9. The molecule has 1 aliphatic rings. The van der Waals surface area contributed by atoms with Gasteiger partial charge in [-0.2, -0.15) is 4.98 Å². The zero-order chi connectivity index (χ0) is 25.2. The minimum Gasteiger partial charge on any atom is -0.493 e. The van der Waals surface area contributed by atoms with E-state index in [2.05, 4.69) is 30.9 Å². The van der Waals surface area contributed by atoms with Crippen molar-refractivity contribution in [2.24, 2.45) is 5.41 Å². The third-order valence-corrected chi connectivity index (χ3v) is 5.20. The van der Waals surface area contributed by atoms with Crippen molar-refractivity contribution >= 4 is 35.0 Å². The predicted octanol–water partition coefficient (Wildman–Crippen LogP) is 3.88. The second-order valence-corrected chi connectivity index (χ2v) is 8.22. The van der Waals surface area contributed by atoms with E-state index in [-0.39, 0.29) is 35.9 Å². The molecule has 0 saturated heterocycles. The third kappa shape index (κ3) is 4.95. The van der Waals surface area contributed by atoms with Crippen molar-refractivity contribution in [1.29, 1.82) is 0 Å². The van der Waals surface area contributed by atoms with E-state index in [1.807, 2.05) is 0 Å². The van der Waals surface area contributed by atoms with Gasteiger partial charge in [-0.1, -0.05) is 0 Å². The second-order valence-electron chi connectivity index (χ2n) is 8.22. The Morgan fingerprint density at radius 3 is 2.43 bits per heavy atom. The van der Waals surface area contributed by atoms with E-state index in [4.69, 9.17) is 18.9 Å². The van der Waals surface area contributed by atoms with Crippen LogP contribution in [0.2, 0.25) is 0 Å². The van der Waals surface area contributed by atoms with Crippen LogP contribution in [-0.2, 0) is 4.79 Å². The number of halogens is 1. The van der Waals surface area contributed by atoms with Gasteiger partial charge in [-0.15, -0.1) is 0 Å². The Morgan fingerprint density at radius 1 is 1.06 bits per heavy atom. The number of rotatable bonds is 7. The van der Waals surface area contributed by atoms with Crippen LogP contribution in [0, 0.1) is 11.2 Å². The van der Waals surface area contributed by atoms with Crippen LogP contribution in [0.15, 0.2) is 30.5 Å². The molecule has 1 aromatic carbocycles. The van der Waals surface area contributed by atoms with Crippen LogP contribution >= 0.6 is 0 Å². The van der Waals surface area contributed by atoms with Crippen molar-refractivity contribution in [2.45, 2.75) is 13.8 Å². The Kier molecular flexibility index (Phi) is 6.45. The van der Waals surface area contributed by atoms with Crippen molar-refractivity contribution in [3.63, 3.8) is 0 Å². The summed E-state index contributed by atoms with van der Waals surface area (Å²) in [6.45, 7) is 3.75. The number of carbonyl (C=O) groups is 1. The topological polar surface area (TPSA) is 129 Å². The van der Waals surface area contributed by atoms with E-state index in [0.717, 1.165) is 6.20 Å². The highest BCUT2D eigenvalue weighted by Gasteiger charge is 2.33. The Morgan fingerprint density at radius 2 is 1.77 bits per heavy atom. The summed E-state index contributed by atoms with van der Waals surface area (Å²) in [6, 6.07) is 6.57. The SMILES string of the molecule is COc1cc(Nc2ncc(F)c(Nc3ccc4c(n3)NC(=O)C(C)(C)CO4)n2)cc(OC)c1OC. The van der Waals surface area contributed by atoms with Crippen molar-refractivity contribution in [2.75, 3.05) is 43.9 Å². The molecule has 0 fully saturated rings. The molecule has 0 spiro atoms. The first-order chi connectivity index (χ1) is 16.7. The molecule has 184 valence electrons. The smallest absolute Gasteiger partial charge is 0.234 e. The molecule has 0 bridgehead atoms. The number of amides is 1. The van der Waals surface area contributed by atoms with E-state index in [9.17, 15) is 9.18 Å². The van der Waals surface area contributed by atoms with Crippen LogP contribution in [-0.4, -0.2) is 48.8 Å². The first-order valence-electron chi connectivity index (χ1n) is 10.6. The number of methoxy groups -OCH3 is 3. The van der Waals surface area contributed by atoms with Crippen LogP contribution in [0.1, 0.15) is 13.8 Å². The highest BCUT2D eigenvalue weighted by Crippen LogP contribution is 2.40. The molecular weight excluding hydrogens is 459 g/mol. The molecule has 11 nitrogen and oxygen atoms in total. The molecule has 3 heterocycles. The number of hydrogen-bond acceptors (Lipinski definition) is 10. The zero-order valence-electron chi connectivity index (χ0n) is 19.9. The lowest BCUT2D eigenvalue weighted by Gasteiger charge is -2.18. The Hall–Kier alpha value is -4.35. The summed E-state index contributed by atoms with van der Waals surface area (Å²) in [5.74, 6) is 1.25. The van der Waals surface area contributed by atoms with Gasteiger partial charge < -0.3 is 34.9 Å². The fourth-order valence-corrected chi connectivity index (χ4v) is 3.24. The largest absolute Gasteiger partial charge is 0.493 e. The normalized spacial score (nSPS) is 14.1. The summed E-state index contributed by atoms with van der Waals surface area (Å²) < 4.78 is 36.2. The predicted molar refractivity (Wildman–Crippen MR) is 127 cm³/mol. The number of anilines is 5. The van der Waals surface area contributed by atoms with E-state index in [1.54, 1.807) is 38.1 Å². The fourth-order valence-electron chi connectivity index (χ4n) is 3.24. The molecule has 1 amide bonds. The molecule has 12 heteroatoms. The van der Waals surface area contributed by atoms with Crippen molar-refractivity contribution in [3.8, 4) is 23.0 Å². The number of pyridine rings is 1. The lowest BCUT2D eigenvalue weighted by molar-refractivity contribution is -0.124. The van der Waals surface area contributed by atoms with Gasteiger partial charge in [0.15, 0.2) is 34.7 Å². The van der Waals surface area contributed by atoms with Gasteiger partial charge in [-0.3, -0.25) is 4.79 Å². The second kappa shape index (κ2) is 9.49. The monoisotopic (exact) mass is 484 g/mol. The quantitative estimate of drug-likeness (QED) is 0.454. The minimum atomic E-state index is -0.722. The van der Waals surface area contributed by atoms with Gasteiger partial charge in [0.25, 0.3) is 0 Å². The Balaban J connectivity index is 1.58. The van der Waals surface area contributed by atoms with Crippen LogP contribution in [0.4, 0.5) is 33.5 Å². The number of nitrogens with zero attached hydrogens (tertiary/aromatic N) is 3. The molecule has 0 radical (unpaired) electrons. The number of carbonyl (C=O) groups excluding carboxylic acids is 1.